The van der Waals surface area contributed by atoms with Gasteiger partial charge in [-0.1, -0.05) is 45.0 Å². The fourth-order valence-electron chi connectivity index (χ4n) is 1.98. The molecule has 0 fully saturated rings. The van der Waals surface area contributed by atoms with E-state index in [9.17, 15) is 4.79 Å². The van der Waals surface area contributed by atoms with Gasteiger partial charge < -0.3 is 15.3 Å². The number of aryl methyl sites for hydroxylation is 1. The second-order valence-corrected chi connectivity index (χ2v) is 5.74. The average Bonchev–Trinajstić information content (AvgIpc) is 2.45. The number of nitrogens with zero attached hydrogens (tertiary/aromatic N) is 1. The second kappa shape index (κ2) is 7.29. The molecule has 0 aliphatic rings. The van der Waals surface area contributed by atoms with Crippen LogP contribution in [0.4, 0.5) is 4.79 Å². The molecule has 2 amide bonds. The Hall–Kier alpha value is -1.55. The summed E-state index contributed by atoms with van der Waals surface area (Å²) in [7, 11) is 1.68. The highest BCUT2D eigenvalue weighted by Crippen LogP contribution is 2.22. The van der Waals surface area contributed by atoms with Crippen LogP contribution in [0.3, 0.4) is 0 Å². The molecule has 0 aliphatic heterocycles. The molecule has 0 atom stereocenters. The van der Waals surface area contributed by atoms with Crippen LogP contribution in [-0.2, 0) is 11.8 Å². The van der Waals surface area contributed by atoms with Gasteiger partial charge in [0.15, 0.2) is 0 Å². The van der Waals surface area contributed by atoms with E-state index in [0.717, 1.165) is 6.42 Å². The minimum Gasteiger partial charge on any atom is -0.395 e. The number of benzene rings is 1. The minimum absolute atomic E-state index is 0.0220. The van der Waals surface area contributed by atoms with Crippen molar-refractivity contribution in [3.05, 3.63) is 35.4 Å². The summed E-state index contributed by atoms with van der Waals surface area (Å²) in [5.74, 6) is 0. The van der Waals surface area contributed by atoms with E-state index in [1.54, 1.807) is 7.05 Å². The first-order valence-electron chi connectivity index (χ1n) is 7.10. The summed E-state index contributed by atoms with van der Waals surface area (Å²) in [6.07, 6.45) is 1.03. The van der Waals surface area contributed by atoms with Gasteiger partial charge in [-0.2, -0.15) is 0 Å². The van der Waals surface area contributed by atoms with Gasteiger partial charge in [-0.25, -0.2) is 4.79 Å². The predicted octanol–water partition coefficient (Wildman–Crippen LogP) is 2.16. The topological polar surface area (TPSA) is 52.6 Å². The van der Waals surface area contributed by atoms with Crippen LogP contribution in [0.2, 0.25) is 0 Å². The van der Waals surface area contributed by atoms with E-state index in [4.69, 9.17) is 5.11 Å². The van der Waals surface area contributed by atoms with E-state index in [2.05, 4.69) is 50.4 Å². The zero-order valence-electron chi connectivity index (χ0n) is 12.9. The van der Waals surface area contributed by atoms with Gasteiger partial charge >= 0.3 is 6.03 Å². The highest BCUT2D eigenvalue weighted by atomic mass is 16.3. The van der Waals surface area contributed by atoms with Crippen LogP contribution < -0.4 is 5.32 Å². The van der Waals surface area contributed by atoms with Gasteiger partial charge in [0.1, 0.15) is 0 Å². The summed E-state index contributed by atoms with van der Waals surface area (Å²) < 4.78 is 0. The molecule has 20 heavy (non-hydrogen) atoms. The molecule has 0 spiro atoms. The molecule has 1 rings (SSSR count). The van der Waals surface area contributed by atoms with Crippen molar-refractivity contribution < 1.29 is 9.90 Å². The predicted molar refractivity (Wildman–Crippen MR) is 82.0 cm³/mol. The first kappa shape index (κ1) is 16.5. The number of aliphatic hydroxyl groups is 1. The standard InChI is InChI=1S/C16H26N2O2/c1-5-13-6-8-14(9-7-13)16(2,3)12-17-15(20)18(4)10-11-19/h6-9,19H,5,10-12H2,1-4H3,(H,17,20). The second-order valence-electron chi connectivity index (χ2n) is 5.74. The summed E-state index contributed by atoms with van der Waals surface area (Å²) in [6, 6.07) is 8.37. The molecule has 0 heterocycles. The molecule has 0 saturated heterocycles. The summed E-state index contributed by atoms with van der Waals surface area (Å²) in [5.41, 5.74) is 2.40. The zero-order valence-corrected chi connectivity index (χ0v) is 12.9. The van der Waals surface area contributed by atoms with E-state index < -0.39 is 0 Å². The molecule has 0 aliphatic carbocycles. The zero-order chi connectivity index (χ0) is 15.2. The van der Waals surface area contributed by atoms with Gasteiger partial charge in [-0.3, -0.25) is 0 Å². The summed E-state index contributed by atoms with van der Waals surface area (Å²) in [4.78, 5) is 13.3. The third-order valence-electron chi connectivity index (χ3n) is 3.61. The van der Waals surface area contributed by atoms with Gasteiger partial charge in [-0.05, 0) is 17.5 Å². The SMILES string of the molecule is CCc1ccc(C(C)(C)CNC(=O)N(C)CCO)cc1. The van der Waals surface area contributed by atoms with Crippen molar-refractivity contribution >= 4 is 6.03 Å². The van der Waals surface area contributed by atoms with Crippen molar-refractivity contribution in [1.29, 1.82) is 0 Å². The van der Waals surface area contributed by atoms with Crippen molar-refractivity contribution in [2.24, 2.45) is 0 Å². The van der Waals surface area contributed by atoms with Gasteiger partial charge in [-0.15, -0.1) is 0 Å². The molecule has 1 aromatic carbocycles. The highest BCUT2D eigenvalue weighted by molar-refractivity contribution is 5.73. The Bertz CT molecular complexity index is 427. The number of likely N-dealkylation sites (N-methyl/N-ethyl adjacent to an activating group) is 1. The Morgan fingerprint density at radius 3 is 2.40 bits per heavy atom. The largest absolute Gasteiger partial charge is 0.395 e. The summed E-state index contributed by atoms with van der Waals surface area (Å²) >= 11 is 0. The lowest BCUT2D eigenvalue weighted by Gasteiger charge is -2.27. The number of nitrogens with one attached hydrogen (secondary N) is 1. The average molecular weight is 278 g/mol. The van der Waals surface area contributed by atoms with Crippen LogP contribution >= 0.6 is 0 Å². The summed E-state index contributed by atoms with van der Waals surface area (Å²) in [5, 5.41) is 11.7. The highest BCUT2D eigenvalue weighted by Gasteiger charge is 2.22. The Balaban J connectivity index is 2.62. The molecule has 0 radical (unpaired) electrons. The molecule has 0 aromatic heterocycles. The van der Waals surface area contributed by atoms with E-state index in [1.165, 1.54) is 16.0 Å². The quantitative estimate of drug-likeness (QED) is 0.838. The number of hydrogen-bond donors (Lipinski definition) is 2. The van der Waals surface area contributed by atoms with Crippen molar-refractivity contribution in [2.45, 2.75) is 32.6 Å². The molecule has 2 N–H and O–H groups in total. The number of hydrogen-bond acceptors (Lipinski definition) is 2. The Morgan fingerprint density at radius 2 is 1.90 bits per heavy atom. The molecule has 0 saturated carbocycles. The first-order chi connectivity index (χ1) is 9.40. The molecule has 4 nitrogen and oxygen atoms in total. The number of aliphatic hydroxyl groups excluding tert-OH is 1. The third kappa shape index (κ3) is 4.53. The fraction of sp³-hybridized carbons (Fsp3) is 0.562. The molecular formula is C16H26N2O2. The van der Waals surface area contributed by atoms with E-state index in [0.29, 0.717) is 13.1 Å². The van der Waals surface area contributed by atoms with Gasteiger partial charge in [0.05, 0.1) is 6.61 Å². The Morgan fingerprint density at radius 1 is 1.30 bits per heavy atom. The van der Waals surface area contributed by atoms with Crippen molar-refractivity contribution in [3.8, 4) is 0 Å². The lowest BCUT2D eigenvalue weighted by Crippen LogP contribution is -2.44. The Labute approximate surface area is 121 Å². The van der Waals surface area contributed by atoms with Crippen molar-refractivity contribution in [2.75, 3.05) is 26.7 Å². The van der Waals surface area contributed by atoms with E-state index >= 15 is 0 Å². The van der Waals surface area contributed by atoms with Crippen molar-refractivity contribution in [1.82, 2.24) is 10.2 Å². The minimum atomic E-state index is -0.155. The molecule has 0 unspecified atom stereocenters. The number of urea groups is 1. The lowest BCUT2D eigenvalue weighted by molar-refractivity contribution is 0.188. The number of amides is 2. The van der Waals surface area contributed by atoms with Gasteiger partial charge in [0.2, 0.25) is 0 Å². The summed E-state index contributed by atoms with van der Waals surface area (Å²) in [6.45, 7) is 7.24. The van der Waals surface area contributed by atoms with Crippen LogP contribution in [0, 0.1) is 0 Å². The lowest BCUT2D eigenvalue weighted by atomic mass is 9.84. The maximum Gasteiger partial charge on any atom is 0.317 e. The van der Waals surface area contributed by atoms with Crippen LogP contribution in [0.15, 0.2) is 24.3 Å². The number of carbonyl (C=O) groups excluding carboxylic acids is 1. The molecule has 4 heteroatoms. The molecule has 1 aromatic rings. The molecule has 112 valence electrons. The van der Waals surface area contributed by atoms with Crippen molar-refractivity contribution in [3.63, 3.8) is 0 Å². The smallest absolute Gasteiger partial charge is 0.317 e. The van der Waals surface area contributed by atoms with E-state index in [1.807, 2.05) is 0 Å². The first-order valence-corrected chi connectivity index (χ1v) is 7.10. The van der Waals surface area contributed by atoms with Gasteiger partial charge in [0, 0.05) is 25.6 Å². The Kier molecular flexibility index (Phi) is 6.02. The number of carbonyl (C=O) groups is 1. The molecular weight excluding hydrogens is 252 g/mol. The van der Waals surface area contributed by atoms with Crippen LogP contribution in [0.25, 0.3) is 0 Å². The maximum absolute atomic E-state index is 11.8. The van der Waals surface area contributed by atoms with Crippen LogP contribution in [0.5, 0.6) is 0 Å². The molecule has 0 bridgehead atoms. The number of rotatable bonds is 6. The monoisotopic (exact) mass is 278 g/mol. The maximum atomic E-state index is 11.8. The van der Waals surface area contributed by atoms with Crippen LogP contribution in [0.1, 0.15) is 31.9 Å². The normalized spacial score (nSPS) is 11.2. The van der Waals surface area contributed by atoms with Gasteiger partial charge in [0.25, 0.3) is 0 Å². The van der Waals surface area contributed by atoms with Crippen LogP contribution in [-0.4, -0.2) is 42.8 Å². The third-order valence-corrected chi connectivity index (χ3v) is 3.61. The fourth-order valence-corrected chi connectivity index (χ4v) is 1.98. The van der Waals surface area contributed by atoms with E-state index in [-0.39, 0.29) is 18.1 Å².